The van der Waals surface area contributed by atoms with E-state index in [9.17, 15) is 4.79 Å². The molecule has 3 nitrogen and oxygen atoms in total. The summed E-state index contributed by atoms with van der Waals surface area (Å²) < 4.78 is 11.2. The summed E-state index contributed by atoms with van der Waals surface area (Å²) >= 11 is 15.1. The van der Waals surface area contributed by atoms with Gasteiger partial charge in [0, 0.05) is 10.0 Å². The van der Waals surface area contributed by atoms with Crippen LogP contribution in [0.25, 0.3) is 0 Å². The van der Waals surface area contributed by atoms with Crippen LogP contribution in [0, 0.1) is 6.92 Å². The van der Waals surface area contributed by atoms with E-state index in [0.29, 0.717) is 26.0 Å². The minimum absolute atomic E-state index is 0.217. The van der Waals surface area contributed by atoms with Crippen molar-refractivity contribution in [3.05, 3.63) is 56.5 Å². The fourth-order valence-electron chi connectivity index (χ4n) is 1.53. The molecular formula is C15H11BrCl2O3. The average Bonchev–Trinajstić information content (AvgIpc) is 2.42. The lowest BCUT2D eigenvalue weighted by Crippen LogP contribution is -2.17. The molecule has 110 valence electrons. The number of esters is 1. The molecule has 0 atom stereocenters. The van der Waals surface area contributed by atoms with Crippen molar-refractivity contribution in [3.63, 3.8) is 0 Å². The monoisotopic (exact) mass is 388 g/mol. The molecule has 0 fully saturated rings. The molecule has 2 rings (SSSR count). The lowest BCUT2D eigenvalue weighted by atomic mass is 10.2. The first kappa shape index (κ1) is 16.1. The van der Waals surface area contributed by atoms with Crippen LogP contribution in [-0.4, -0.2) is 12.6 Å². The zero-order chi connectivity index (χ0) is 15.4. The number of hydrogen-bond donors (Lipinski definition) is 0. The van der Waals surface area contributed by atoms with Crippen LogP contribution in [0.3, 0.4) is 0 Å². The van der Waals surface area contributed by atoms with E-state index in [0.717, 1.165) is 5.56 Å². The molecule has 0 aromatic heterocycles. The zero-order valence-electron chi connectivity index (χ0n) is 11.0. The van der Waals surface area contributed by atoms with Crippen molar-refractivity contribution in [2.75, 3.05) is 6.61 Å². The van der Waals surface area contributed by atoms with Gasteiger partial charge in [-0.2, -0.15) is 0 Å². The van der Waals surface area contributed by atoms with E-state index in [4.69, 9.17) is 32.7 Å². The van der Waals surface area contributed by atoms with Gasteiger partial charge in [0.1, 0.15) is 11.5 Å². The smallest absolute Gasteiger partial charge is 0.349 e. The Morgan fingerprint density at radius 2 is 1.95 bits per heavy atom. The lowest BCUT2D eigenvalue weighted by molar-refractivity contribution is -0.136. The van der Waals surface area contributed by atoms with Crippen LogP contribution in [0.15, 0.2) is 40.9 Å². The van der Waals surface area contributed by atoms with Gasteiger partial charge >= 0.3 is 5.97 Å². The molecular weight excluding hydrogens is 379 g/mol. The fourth-order valence-corrected chi connectivity index (χ4v) is 2.49. The Bertz CT molecular complexity index is 674. The summed E-state index contributed by atoms with van der Waals surface area (Å²) in [4.78, 5) is 11.7. The summed E-state index contributed by atoms with van der Waals surface area (Å²) in [6.45, 7) is 1.65. The minimum Gasteiger partial charge on any atom is -0.481 e. The van der Waals surface area contributed by atoms with Gasteiger partial charge in [-0.1, -0.05) is 29.3 Å². The molecule has 0 aliphatic heterocycles. The van der Waals surface area contributed by atoms with Crippen molar-refractivity contribution in [3.8, 4) is 11.5 Å². The van der Waals surface area contributed by atoms with E-state index >= 15 is 0 Å². The predicted molar refractivity (Wildman–Crippen MR) is 86.5 cm³/mol. The largest absolute Gasteiger partial charge is 0.481 e. The normalized spacial score (nSPS) is 10.3. The number of benzene rings is 2. The van der Waals surface area contributed by atoms with E-state index in [-0.39, 0.29) is 6.61 Å². The Labute approximate surface area is 140 Å². The number of hydrogen-bond acceptors (Lipinski definition) is 3. The Hall–Kier alpha value is -1.23. The molecule has 0 heterocycles. The van der Waals surface area contributed by atoms with Crippen molar-refractivity contribution < 1.29 is 14.3 Å². The first-order chi connectivity index (χ1) is 9.95. The summed E-state index contributed by atoms with van der Waals surface area (Å²) in [5, 5.41) is 1.12. The molecule has 0 aliphatic rings. The second kappa shape index (κ2) is 7.16. The summed E-state index contributed by atoms with van der Waals surface area (Å²) in [6, 6.07) is 10.1. The van der Waals surface area contributed by atoms with Crippen LogP contribution < -0.4 is 9.47 Å². The van der Waals surface area contributed by atoms with E-state index in [1.807, 2.05) is 6.92 Å². The van der Waals surface area contributed by atoms with Gasteiger partial charge in [0.25, 0.3) is 0 Å². The van der Waals surface area contributed by atoms with Crippen LogP contribution in [0.4, 0.5) is 0 Å². The van der Waals surface area contributed by atoms with Crippen LogP contribution in [-0.2, 0) is 4.79 Å². The van der Waals surface area contributed by atoms with Crippen LogP contribution in [0.1, 0.15) is 5.56 Å². The number of carbonyl (C=O) groups is 1. The first-order valence-corrected chi connectivity index (χ1v) is 7.55. The van der Waals surface area contributed by atoms with E-state index in [1.165, 1.54) is 0 Å². The molecule has 2 aromatic carbocycles. The number of halogens is 3. The standard InChI is InChI=1S/C15H11BrCl2O3/c1-9-2-4-11(7-13(9)18)21-15(19)8-20-14-5-3-10(17)6-12(14)16/h2-7H,8H2,1H3. The molecule has 0 bridgehead atoms. The van der Waals surface area contributed by atoms with Crippen LogP contribution in [0.2, 0.25) is 10.0 Å². The Morgan fingerprint density at radius 1 is 1.19 bits per heavy atom. The molecule has 2 aromatic rings. The molecule has 0 unspecified atom stereocenters. The molecule has 0 radical (unpaired) electrons. The van der Waals surface area contributed by atoms with Gasteiger partial charge in [0.05, 0.1) is 4.47 Å². The van der Waals surface area contributed by atoms with Crippen molar-refractivity contribution >= 4 is 45.1 Å². The highest BCUT2D eigenvalue weighted by molar-refractivity contribution is 9.10. The number of ether oxygens (including phenoxy) is 2. The Balaban J connectivity index is 1.94. The van der Waals surface area contributed by atoms with E-state index in [2.05, 4.69) is 15.9 Å². The van der Waals surface area contributed by atoms with Gasteiger partial charge in [-0.3, -0.25) is 0 Å². The SMILES string of the molecule is Cc1ccc(OC(=O)COc2ccc(Cl)cc2Br)cc1Cl. The highest BCUT2D eigenvalue weighted by Gasteiger charge is 2.09. The third-order valence-corrected chi connectivity index (χ3v) is 3.88. The lowest BCUT2D eigenvalue weighted by Gasteiger charge is -2.09. The van der Waals surface area contributed by atoms with Gasteiger partial charge < -0.3 is 9.47 Å². The van der Waals surface area contributed by atoms with Crippen molar-refractivity contribution in [1.82, 2.24) is 0 Å². The molecule has 0 saturated heterocycles. The van der Waals surface area contributed by atoms with Crippen molar-refractivity contribution in [2.24, 2.45) is 0 Å². The van der Waals surface area contributed by atoms with Crippen LogP contribution in [0.5, 0.6) is 11.5 Å². The number of aryl methyl sites for hydroxylation is 1. The fraction of sp³-hybridized carbons (Fsp3) is 0.133. The first-order valence-electron chi connectivity index (χ1n) is 6.00. The van der Waals surface area contributed by atoms with Gasteiger partial charge in [-0.15, -0.1) is 0 Å². The zero-order valence-corrected chi connectivity index (χ0v) is 14.1. The maximum atomic E-state index is 11.7. The Morgan fingerprint density at radius 3 is 2.62 bits per heavy atom. The summed E-state index contributed by atoms with van der Waals surface area (Å²) in [7, 11) is 0. The van der Waals surface area contributed by atoms with Crippen molar-refractivity contribution in [1.29, 1.82) is 0 Å². The molecule has 0 aliphatic carbocycles. The maximum absolute atomic E-state index is 11.7. The van der Waals surface area contributed by atoms with E-state index < -0.39 is 5.97 Å². The second-order valence-corrected chi connectivity index (χ2v) is 5.95. The maximum Gasteiger partial charge on any atom is 0.349 e. The molecule has 0 saturated carbocycles. The molecule has 0 amide bonds. The topological polar surface area (TPSA) is 35.5 Å². The molecule has 21 heavy (non-hydrogen) atoms. The number of carbonyl (C=O) groups excluding carboxylic acids is 1. The minimum atomic E-state index is -0.517. The van der Waals surface area contributed by atoms with Gasteiger partial charge in [-0.05, 0) is 58.7 Å². The van der Waals surface area contributed by atoms with E-state index in [1.54, 1.807) is 36.4 Å². The quantitative estimate of drug-likeness (QED) is 0.542. The summed E-state index contributed by atoms with van der Waals surface area (Å²) in [6.07, 6.45) is 0. The Kier molecular flexibility index (Phi) is 5.51. The van der Waals surface area contributed by atoms with Gasteiger partial charge in [-0.25, -0.2) is 4.79 Å². The third-order valence-electron chi connectivity index (χ3n) is 2.61. The van der Waals surface area contributed by atoms with Gasteiger partial charge in [0.2, 0.25) is 0 Å². The third kappa shape index (κ3) is 4.63. The average molecular weight is 390 g/mol. The highest BCUT2D eigenvalue weighted by Crippen LogP contribution is 2.28. The second-order valence-electron chi connectivity index (χ2n) is 4.25. The van der Waals surface area contributed by atoms with Crippen molar-refractivity contribution in [2.45, 2.75) is 6.92 Å². The molecule has 0 N–H and O–H groups in total. The highest BCUT2D eigenvalue weighted by atomic mass is 79.9. The van der Waals surface area contributed by atoms with Crippen LogP contribution >= 0.6 is 39.1 Å². The summed E-state index contributed by atoms with van der Waals surface area (Å²) in [5.74, 6) is 0.379. The summed E-state index contributed by atoms with van der Waals surface area (Å²) in [5.41, 5.74) is 0.915. The predicted octanol–water partition coefficient (Wildman–Crippen LogP) is 5.05. The molecule has 6 heteroatoms. The molecule has 0 spiro atoms. The number of rotatable bonds is 4. The van der Waals surface area contributed by atoms with Gasteiger partial charge in [0.15, 0.2) is 6.61 Å².